The van der Waals surface area contributed by atoms with Crippen molar-refractivity contribution in [2.75, 3.05) is 13.6 Å². The van der Waals surface area contributed by atoms with Gasteiger partial charge in [0.2, 0.25) is 0 Å². The van der Waals surface area contributed by atoms with E-state index in [2.05, 4.69) is 45.3 Å². The second-order valence-corrected chi connectivity index (χ2v) is 5.44. The fraction of sp³-hybridized carbons (Fsp3) is 0.600. The van der Waals surface area contributed by atoms with Gasteiger partial charge in [-0.25, -0.2) is 0 Å². The topological polar surface area (TPSA) is 12.0 Å². The van der Waals surface area contributed by atoms with Gasteiger partial charge in [0.05, 0.1) is 0 Å². The van der Waals surface area contributed by atoms with Crippen molar-refractivity contribution >= 4 is 0 Å². The van der Waals surface area contributed by atoms with Crippen LogP contribution in [0.2, 0.25) is 0 Å². The molecule has 2 rings (SSSR count). The molecule has 0 saturated heterocycles. The normalized spacial score (nSPS) is 18.2. The van der Waals surface area contributed by atoms with E-state index in [0.717, 1.165) is 6.54 Å². The molecule has 1 N–H and O–H groups in total. The first-order valence-electron chi connectivity index (χ1n) is 6.32. The van der Waals surface area contributed by atoms with Gasteiger partial charge < -0.3 is 5.32 Å². The summed E-state index contributed by atoms with van der Waals surface area (Å²) in [7, 11) is 2.07. The molecule has 0 radical (unpaired) electrons. The lowest BCUT2D eigenvalue weighted by Gasteiger charge is -2.44. The molecule has 1 aliphatic rings. The molecule has 1 aromatic rings. The Hall–Kier alpha value is -0.820. The first-order valence-corrected chi connectivity index (χ1v) is 6.32. The van der Waals surface area contributed by atoms with Gasteiger partial charge in [-0.3, -0.25) is 0 Å². The summed E-state index contributed by atoms with van der Waals surface area (Å²) in [5.74, 6) is 0. The van der Waals surface area contributed by atoms with Crippen LogP contribution in [-0.4, -0.2) is 13.6 Å². The van der Waals surface area contributed by atoms with Crippen molar-refractivity contribution in [3.63, 3.8) is 0 Å². The number of aryl methyl sites for hydroxylation is 3. The fourth-order valence-electron chi connectivity index (χ4n) is 3.47. The van der Waals surface area contributed by atoms with Crippen LogP contribution in [0.3, 0.4) is 0 Å². The molecule has 0 aromatic heterocycles. The van der Waals surface area contributed by atoms with Crippen molar-refractivity contribution in [2.45, 2.75) is 45.4 Å². The Labute approximate surface area is 99.3 Å². The largest absolute Gasteiger partial charge is 0.319 e. The maximum atomic E-state index is 3.38. The average Bonchev–Trinajstić information content (AvgIpc) is 2.12. The average molecular weight is 217 g/mol. The number of likely N-dealkylation sites (N-methyl/N-ethyl adjacent to an activating group) is 1. The van der Waals surface area contributed by atoms with E-state index >= 15 is 0 Å². The van der Waals surface area contributed by atoms with E-state index in [1.54, 1.807) is 5.56 Å². The van der Waals surface area contributed by atoms with Crippen LogP contribution in [0.4, 0.5) is 0 Å². The second-order valence-electron chi connectivity index (χ2n) is 5.44. The Morgan fingerprint density at radius 3 is 2.06 bits per heavy atom. The molecule has 0 heterocycles. The van der Waals surface area contributed by atoms with Gasteiger partial charge in [-0.1, -0.05) is 24.1 Å². The molecule has 1 aromatic carbocycles. The zero-order valence-corrected chi connectivity index (χ0v) is 11.0. The standard InChI is InChI=1S/C15H23N/c1-11-8-12(2)14(13(3)9-11)15(10-16-4)6-5-7-15/h8-9,16H,5-7,10H2,1-4H3. The lowest BCUT2D eigenvalue weighted by Crippen LogP contribution is -2.43. The Morgan fingerprint density at radius 2 is 1.69 bits per heavy atom. The Bertz CT molecular complexity index is 365. The number of hydrogen-bond acceptors (Lipinski definition) is 1. The third-order valence-electron chi connectivity index (χ3n) is 4.03. The number of hydrogen-bond donors (Lipinski definition) is 1. The van der Waals surface area contributed by atoms with Crippen molar-refractivity contribution in [3.05, 3.63) is 34.4 Å². The maximum Gasteiger partial charge on any atom is 0.00829 e. The van der Waals surface area contributed by atoms with Crippen LogP contribution in [0, 0.1) is 20.8 Å². The lowest BCUT2D eigenvalue weighted by molar-refractivity contribution is 0.237. The van der Waals surface area contributed by atoms with Gasteiger partial charge in [0.25, 0.3) is 0 Å². The van der Waals surface area contributed by atoms with Gasteiger partial charge in [0, 0.05) is 12.0 Å². The Kier molecular flexibility index (Phi) is 3.07. The highest BCUT2D eigenvalue weighted by molar-refractivity contribution is 5.44. The minimum absolute atomic E-state index is 0.427. The summed E-state index contributed by atoms with van der Waals surface area (Å²) >= 11 is 0. The van der Waals surface area contributed by atoms with E-state index in [1.807, 2.05) is 0 Å². The molecule has 0 aliphatic heterocycles. The summed E-state index contributed by atoms with van der Waals surface area (Å²) in [6.45, 7) is 7.85. The molecule has 1 aliphatic carbocycles. The molecular formula is C15H23N. The summed E-state index contributed by atoms with van der Waals surface area (Å²) in [6, 6.07) is 4.66. The second kappa shape index (κ2) is 4.21. The maximum absolute atomic E-state index is 3.38. The van der Waals surface area contributed by atoms with Crippen molar-refractivity contribution in [3.8, 4) is 0 Å². The van der Waals surface area contributed by atoms with E-state index in [9.17, 15) is 0 Å². The number of benzene rings is 1. The monoisotopic (exact) mass is 217 g/mol. The third kappa shape index (κ3) is 1.78. The fourth-order valence-corrected chi connectivity index (χ4v) is 3.47. The summed E-state index contributed by atoms with van der Waals surface area (Å²) in [5, 5.41) is 3.38. The van der Waals surface area contributed by atoms with Crippen molar-refractivity contribution < 1.29 is 0 Å². The van der Waals surface area contributed by atoms with Crippen molar-refractivity contribution in [2.24, 2.45) is 0 Å². The summed E-state index contributed by atoms with van der Waals surface area (Å²) < 4.78 is 0. The molecule has 0 amide bonds. The van der Waals surface area contributed by atoms with Gasteiger partial charge in [-0.05, 0) is 57.4 Å². The van der Waals surface area contributed by atoms with Crippen molar-refractivity contribution in [1.29, 1.82) is 0 Å². The molecule has 1 heteroatoms. The molecule has 0 spiro atoms. The van der Waals surface area contributed by atoms with Gasteiger partial charge >= 0.3 is 0 Å². The zero-order chi connectivity index (χ0) is 11.8. The lowest BCUT2D eigenvalue weighted by atomic mass is 9.62. The summed E-state index contributed by atoms with van der Waals surface area (Å²) in [4.78, 5) is 0. The summed E-state index contributed by atoms with van der Waals surface area (Å²) in [5.41, 5.74) is 6.38. The van der Waals surface area contributed by atoms with Crippen LogP contribution >= 0.6 is 0 Å². The Morgan fingerprint density at radius 1 is 1.12 bits per heavy atom. The van der Waals surface area contributed by atoms with Crippen LogP contribution in [0.5, 0.6) is 0 Å². The predicted molar refractivity (Wildman–Crippen MR) is 70.1 cm³/mol. The van der Waals surface area contributed by atoms with E-state index in [4.69, 9.17) is 0 Å². The van der Waals surface area contributed by atoms with Crippen LogP contribution in [0.15, 0.2) is 12.1 Å². The van der Waals surface area contributed by atoms with Crippen molar-refractivity contribution in [1.82, 2.24) is 5.32 Å². The van der Waals surface area contributed by atoms with E-state index < -0.39 is 0 Å². The molecule has 16 heavy (non-hydrogen) atoms. The number of rotatable bonds is 3. The molecule has 88 valence electrons. The minimum Gasteiger partial charge on any atom is -0.319 e. The predicted octanol–water partition coefficient (Wildman–Crippen LogP) is 3.25. The van der Waals surface area contributed by atoms with E-state index in [-0.39, 0.29) is 0 Å². The minimum atomic E-state index is 0.427. The van der Waals surface area contributed by atoms with E-state index in [1.165, 1.54) is 36.0 Å². The first kappa shape index (κ1) is 11.7. The molecular weight excluding hydrogens is 194 g/mol. The number of nitrogens with one attached hydrogen (secondary N) is 1. The molecule has 0 atom stereocenters. The van der Waals surface area contributed by atoms with Gasteiger partial charge in [-0.2, -0.15) is 0 Å². The molecule has 1 nitrogen and oxygen atoms in total. The molecule has 1 fully saturated rings. The smallest absolute Gasteiger partial charge is 0.00829 e. The van der Waals surface area contributed by atoms with Crippen LogP contribution in [0.25, 0.3) is 0 Å². The molecule has 0 bridgehead atoms. The first-order chi connectivity index (χ1) is 7.59. The third-order valence-corrected chi connectivity index (χ3v) is 4.03. The van der Waals surface area contributed by atoms with Gasteiger partial charge in [0.1, 0.15) is 0 Å². The van der Waals surface area contributed by atoms with E-state index in [0.29, 0.717) is 5.41 Å². The molecule has 0 unspecified atom stereocenters. The highest BCUT2D eigenvalue weighted by Crippen LogP contribution is 2.45. The van der Waals surface area contributed by atoms with Crippen LogP contribution in [0.1, 0.15) is 41.5 Å². The van der Waals surface area contributed by atoms with Crippen LogP contribution < -0.4 is 5.32 Å². The quantitative estimate of drug-likeness (QED) is 0.819. The molecule has 1 saturated carbocycles. The SMILES string of the molecule is CNCC1(c2c(C)cc(C)cc2C)CCC1. The van der Waals surface area contributed by atoms with Gasteiger partial charge in [0.15, 0.2) is 0 Å². The summed E-state index contributed by atoms with van der Waals surface area (Å²) in [6.07, 6.45) is 4.07. The highest BCUT2D eigenvalue weighted by Gasteiger charge is 2.39. The van der Waals surface area contributed by atoms with Crippen LogP contribution in [-0.2, 0) is 5.41 Å². The highest BCUT2D eigenvalue weighted by atomic mass is 14.8. The zero-order valence-electron chi connectivity index (χ0n) is 11.0. The Balaban J connectivity index is 2.46. The van der Waals surface area contributed by atoms with Gasteiger partial charge in [-0.15, -0.1) is 0 Å².